The number of rotatable bonds is 8. The van der Waals surface area contributed by atoms with E-state index in [-0.39, 0.29) is 45.2 Å². The number of hydrogen-bond acceptors (Lipinski definition) is 6. The molecule has 1 amide bonds. The number of carbonyl (C=O) groups is 1. The van der Waals surface area contributed by atoms with Gasteiger partial charge in [-0.05, 0) is 37.0 Å². The van der Waals surface area contributed by atoms with E-state index in [0.717, 1.165) is 19.3 Å². The number of pyridine rings is 1. The molecule has 4 rings (SSSR count). The maximum Gasteiger partial charge on any atom is 0.256 e. The number of fused-ring (bicyclic) bond motifs is 1. The Hall–Kier alpha value is -2.29. The molecule has 7 nitrogen and oxygen atoms in total. The lowest BCUT2D eigenvalue weighted by Gasteiger charge is -2.24. The van der Waals surface area contributed by atoms with Crippen molar-refractivity contribution in [3.63, 3.8) is 0 Å². The topological polar surface area (TPSA) is 86.5 Å². The lowest BCUT2D eigenvalue weighted by Crippen LogP contribution is -2.48. The summed E-state index contributed by atoms with van der Waals surface area (Å²) in [6.45, 7) is 5.99. The lowest BCUT2D eigenvalue weighted by molar-refractivity contribution is -0.126. The summed E-state index contributed by atoms with van der Waals surface area (Å²) in [5.41, 5.74) is 3.56. The van der Waals surface area contributed by atoms with Crippen LogP contribution in [-0.2, 0) is 4.79 Å². The highest BCUT2D eigenvalue weighted by Crippen LogP contribution is 2.43. The highest BCUT2D eigenvalue weighted by molar-refractivity contribution is 6.38. The Kier molecular flexibility index (Phi) is 6.88. The molecule has 1 aromatic carbocycles. The van der Waals surface area contributed by atoms with E-state index in [9.17, 15) is 14.3 Å². The molecule has 10 heteroatoms. The van der Waals surface area contributed by atoms with Crippen LogP contribution in [0.2, 0.25) is 10.0 Å². The Morgan fingerprint density at radius 2 is 2.12 bits per heavy atom. The van der Waals surface area contributed by atoms with Crippen molar-refractivity contribution in [3.8, 4) is 17.2 Å². The number of ether oxygens (including phenoxy) is 1. The molecular weight excluding hydrogens is 470 g/mol. The van der Waals surface area contributed by atoms with Crippen LogP contribution >= 0.6 is 23.2 Å². The second-order valence-corrected chi connectivity index (χ2v) is 9.53. The number of hydrazine groups is 1. The highest BCUT2D eigenvalue weighted by Gasteiger charge is 2.53. The van der Waals surface area contributed by atoms with Gasteiger partial charge in [-0.3, -0.25) is 10.2 Å². The number of aromatic hydroxyl groups is 1. The van der Waals surface area contributed by atoms with E-state index in [1.165, 1.54) is 12.1 Å². The van der Waals surface area contributed by atoms with Crippen molar-refractivity contribution >= 4 is 34.9 Å². The number of hydrogen-bond donors (Lipinski definition) is 3. The molecular formula is C23H27Cl2FN4O3. The highest BCUT2D eigenvalue weighted by atomic mass is 35.5. The van der Waals surface area contributed by atoms with Crippen LogP contribution in [0, 0.1) is 5.95 Å². The summed E-state index contributed by atoms with van der Waals surface area (Å²) in [4.78, 5) is 16.4. The van der Waals surface area contributed by atoms with Crippen molar-refractivity contribution in [2.24, 2.45) is 0 Å². The van der Waals surface area contributed by atoms with Gasteiger partial charge in [-0.1, -0.05) is 56.8 Å². The van der Waals surface area contributed by atoms with E-state index >= 15 is 0 Å². The molecule has 4 unspecified atom stereocenters. The quantitative estimate of drug-likeness (QED) is 0.325. The summed E-state index contributed by atoms with van der Waals surface area (Å²) in [6.07, 6.45) is 3.77. The van der Waals surface area contributed by atoms with Crippen LogP contribution in [0.1, 0.15) is 57.9 Å². The molecule has 2 fully saturated rings. The second kappa shape index (κ2) is 9.52. The standard InChI is InChI=1S/C23H27Cl2FN4O3/c1-4-5-6-15-16-10-14(23(32)29-30(15)16)27-22-19(25)20(18(24)21(26)28-22)33-12-7-8-17(31)13(9-12)11(2)3/h7-9,11,14-16,31H,4-6,10H2,1-3H3,(H,27,28)(H,29,32). The molecule has 2 aromatic rings. The zero-order valence-electron chi connectivity index (χ0n) is 18.7. The first-order valence-electron chi connectivity index (χ1n) is 11.1. The number of nitrogens with one attached hydrogen (secondary N) is 2. The zero-order chi connectivity index (χ0) is 23.9. The summed E-state index contributed by atoms with van der Waals surface area (Å²) < 4.78 is 20.4. The number of nitrogens with zero attached hydrogens (tertiary/aromatic N) is 2. The van der Waals surface area contributed by atoms with Gasteiger partial charge < -0.3 is 15.2 Å². The minimum absolute atomic E-state index is 0.0178. The second-order valence-electron chi connectivity index (χ2n) is 8.78. The van der Waals surface area contributed by atoms with E-state index in [1.54, 1.807) is 6.07 Å². The number of benzene rings is 1. The average molecular weight is 497 g/mol. The minimum Gasteiger partial charge on any atom is -0.508 e. The van der Waals surface area contributed by atoms with Crippen LogP contribution in [0.4, 0.5) is 10.2 Å². The van der Waals surface area contributed by atoms with Gasteiger partial charge in [0.05, 0.1) is 0 Å². The monoisotopic (exact) mass is 496 g/mol. The maximum absolute atomic E-state index is 14.6. The van der Waals surface area contributed by atoms with Crippen molar-refractivity contribution in [2.75, 3.05) is 5.32 Å². The molecule has 3 heterocycles. The SMILES string of the molecule is CCCCC1C2CC(Nc3nc(F)c(Cl)c(Oc4ccc(O)c(C(C)C)c4)c3Cl)C(=O)NN12. The first-order valence-corrected chi connectivity index (χ1v) is 11.9. The third kappa shape index (κ3) is 4.83. The largest absolute Gasteiger partial charge is 0.508 e. The molecule has 1 aromatic heterocycles. The first kappa shape index (κ1) is 23.9. The third-order valence-corrected chi connectivity index (χ3v) is 6.78. The zero-order valence-corrected chi connectivity index (χ0v) is 20.2. The number of phenolic OH excluding ortho intramolecular Hbond substituents is 1. The van der Waals surface area contributed by atoms with Crippen LogP contribution in [0.15, 0.2) is 18.2 Å². The molecule has 0 radical (unpaired) electrons. The van der Waals surface area contributed by atoms with E-state index in [2.05, 4.69) is 22.7 Å². The molecule has 0 bridgehead atoms. The Morgan fingerprint density at radius 3 is 2.82 bits per heavy atom. The van der Waals surface area contributed by atoms with Crippen LogP contribution in [0.5, 0.6) is 17.2 Å². The molecule has 178 valence electrons. The molecule has 4 atom stereocenters. The number of carbonyl (C=O) groups excluding carboxylic acids is 1. The fourth-order valence-electron chi connectivity index (χ4n) is 4.21. The van der Waals surface area contributed by atoms with Gasteiger partial charge in [0.15, 0.2) is 11.6 Å². The van der Waals surface area contributed by atoms with Gasteiger partial charge in [-0.15, -0.1) is 0 Å². The van der Waals surface area contributed by atoms with E-state index in [4.69, 9.17) is 27.9 Å². The van der Waals surface area contributed by atoms with Crippen LogP contribution < -0.4 is 15.5 Å². The van der Waals surface area contributed by atoms with Gasteiger partial charge >= 0.3 is 0 Å². The van der Waals surface area contributed by atoms with Gasteiger partial charge in [0.25, 0.3) is 5.91 Å². The summed E-state index contributed by atoms with van der Waals surface area (Å²) >= 11 is 12.6. The van der Waals surface area contributed by atoms with Gasteiger partial charge in [-0.25, -0.2) is 5.01 Å². The molecule has 2 saturated heterocycles. The van der Waals surface area contributed by atoms with Gasteiger partial charge in [0, 0.05) is 17.6 Å². The first-order chi connectivity index (χ1) is 15.7. The van der Waals surface area contributed by atoms with E-state index in [1.807, 2.05) is 18.9 Å². The fraction of sp³-hybridized carbons (Fsp3) is 0.478. The third-order valence-electron chi connectivity index (χ3n) is 6.10. The van der Waals surface area contributed by atoms with Crippen molar-refractivity contribution in [2.45, 2.75) is 70.5 Å². The van der Waals surface area contributed by atoms with Gasteiger partial charge in [0.1, 0.15) is 27.6 Å². The predicted molar refractivity (Wildman–Crippen MR) is 126 cm³/mol. The number of halogens is 3. The maximum atomic E-state index is 14.6. The summed E-state index contributed by atoms with van der Waals surface area (Å²) in [5.74, 6) is -0.812. The van der Waals surface area contributed by atoms with Crippen LogP contribution in [0.25, 0.3) is 0 Å². The molecule has 33 heavy (non-hydrogen) atoms. The van der Waals surface area contributed by atoms with Crippen molar-refractivity contribution < 1.29 is 19.0 Å². The Morgan fingerprint density at radius 1 is 1.36 bits per heavy atom. The van der Waals surface area contributed by atoms with Gasteiger partial charge in [0.2, 0.25) is 5.95 Å². The molecule has 0 saturated carbocycles. The smallest absolute Gasteiger partial charge is 0.256 e. The number of phenols is 1. The fourth-order valence-corrected chi connectivity index (χ4v) is 4.67. The molecule has 2 aliphatic heterocycles. The average Bonchev–Trinajstić information content (AvgIpc) is 3.45. The molecule has 2 aliphatic rings. The molecule has 0 aliphatic carbocycles. The normalized spacial score (nSPS) is 23.8. The minimum atomic E-state index is -0.966. The summed E-state index contributed by atoms with van der Waals surface area (Å²) in [6, 6.07) is 4.62. The summed E-state index contributed by atoms with van der Waals surface area (Å²) in [7, 11) is 0. The van der Waals surface area contributed by atoms with E-state index < -0.39 is 12.0 Å². The Labute approximate surface area is 202 Å². The van der Waals surface area contributed by atoms with Gasteiger partial charge in [-0.2, -0.15) is 9.37 Å². The van der Waals surface area contributed by atoms with E-state index in [0.29, 0.717) is 23.8 Å². The van der Waals surface area contributed by atoms with Crippen molar-refractivity contribution in [1.82, 2.24) is 15.4 Å². The van der Waals surface area contributed by atoms with Crippen molar-refractivity contribution in [3.05, 3.63) is 39.8 Å². The number of amides is 1. The van der Waals surface area contributed by atoms with Crippen molar-refractivity contribution in [1.29, 1.82) is 0 Å². The Bertz CT molecular complexity index is 1070. The Balaban J connectivity index is 1.55. The molecule has 0 spiro atoms. The number of anilines is 1. The van der Waals surface area contributed by atoms with Crippen LogP contribution in [-0.4, -0.2) is 39.1 Å². The lowest BCUT2D eigenvalue weighted by atomic mass is 10.0. The van der Waals surface area contributed by atoms with Crippen LogP contribution in [0.3, 0.4) is 0 Å². The number of aromatic nitrogens is 1. The molecule has 3 N–H and O–H groups in total. The summed E-state index contributed by atoms with van der Waals surface area (Å²) in [5, 5.41) is 14.6. The number of unbranched alkanes of at least 4 members (excludes halogenated alkanes) is 1. The predicted octanol–water partition coefficient (Wildman–Crippen LogP) is 5.61.